The van der Waals surface area contributed by atoms with Crippen LogP contribution in [0.4, 0.5) is 14.9 Å². The van der Waals surface area contributed by atoms with Crippen molar-refractivity contribution in [2.24, 2.45) is 0 Å². The number of ether oxygens (including phenoxy) is 1. The molecule has 0 saturated carbocycles. The van der Waals surface area contributed by atoms with Crippen molar-refractivity contribution in [3.05, 3.63) is 29.8 Å². The van der Waals surface area contributed by atoms with E-state index in [4.69, 9.17) is 4.74 Å². The Labute approximate surface area is 107 Å². The second-order valence-electron chi connectivity index (χ2n) is 4.78. The number of nitrogens with zero attached hydrogens (tertiary/aromatic N) is 1. The molecule has 0 aromatic heterocycles. The Bertz CT molecular complexity index is 434. The van der Waals surface area contributed by atoms with Crippen LogP contribution in [-0.2, 0) is 11.2 Å². The Morgan fingerprint density at radius 3 is 2.89 bits per heavy atom. The van der Waals surface area contributed by atoms with E-state index in [0.29, 0.717) is 6.42 Å². The van der Waals surface area contributed by atoms with E-state index in [0.717, 1.165) is 17.7 Å². The zero-order valence-corrected chi connectivity index (χ0v) is 10.7. The van der Waals surface area contributed by atoms with Crippen LogP contribution >= 0.6 is 0 Å². The van der Waals surface area contributed by atoms with Crippen molar-refractivity contribution < 1.29 is 13.9 Å². The molecule has 3 nitrogen and oxygen atoms in total. The van der Waals surface area contributed by atoms with Gasteiger partial charge in [0.15, 0.2) is 0 Å². The van der Waals surface area contributed by atoms with Gasteiger partial charge in [-0.2, -0.15) is 0 Å². The molecule has 1 heterocycles. The minimum Gasteiger partial charge on any atom is -0.446 e. The van der Waals surface area contributed by atoms with Crippen molar-refractivity contribution in [2.75, 3.05) is 11.6 Å². The zero-order chi connectivity index (χ0) is 13.1. The van der Waals surface area contributed by atoms with Crippen LogP contribution in [0.3, 0.4) is 0 Å². The highest BCUT2D eigenvalue weighted by Gasteiger charge is 2.32. The molecule has 0 aliphatic carbocycles. The molecule has 2 rings (SSSR count). The number of hydrogen-bond acceptors (Lipinski definition) is 2. The van der Waals surface area contributed by atoms with Gasteiger partial charge in [-0.25, -0.2) is 9.18 Å². The summed E-state index contributed by atoms with van der Waals surface area (Å²) in [6.07, 6.45) is 0.781. The summed E-state index contributed by atoms with van der Waals surface area (Å²) in [5, 5.41) is 0. The summed E-state index contributed by atoms with van der Waals surface area (Å²) in [5.41, 5.74) is 1.85. The van der Waals surface area contributed by atoms with Gasteiger partial charge in [0.1, 0.15) is 6.67 Å². The third-order valence-electron chi connectivity index (χ3n) is 3.07. The smallest absolute Gasteiger partial charge is 0.414 e. The molecule has 1 aliphatic rings. The van der Waals surface area contributed by atoms with Gasteiger partial charge in [-0.1, -0.05) is 18.2 Å². The van der Waals surface area contributed by atoms with E-state index in [9.17, 15) is 9.18 Å². The number of carbonyl (C=O) groups excluding carboxylic acids is 1. The van der Waals surface area contributed by atoms with Crippen LogP contribution in [0.5, 0.6) is 0 Å². The first-order chi connectivity index (χ1) is 8.63. The minimum atomic E-state index is -0.540. The van der Waals surface area contributed by atoms with E-state index in [2.05, 4.69) is 0 Å². The van der Waals surface area contributed by atoms with Crippen molar-refractivity contribution in [2.45, 2.75) is 38.8 Å². The molecular formula is C14H18FNO2. The molecule has 1 amide bonds. The Balaban J connectivity index is 2.31. The summed E-state index contributed by atoms with van der Waals surface area (Å²) in [6.45, 7) is 3.04. The number of rotatable bonds is 2. The van der Waals surface area contributed by atoms with Gasteiger partial charge in [-0.3, -0.25) is 4.90 Å². The normalized spacial score (nSPS) is 18.7. The van der Waals surface area contributed by atoms with Crippen LogP contribution in [-0.4, -0.2) is 24.9 Å². The average Bonchev–Trinajstić information content (AvgIpc) is 2.36. The zero-order valence-electron chi connectivity index (χ0n) is 10.7. The number of amides is 1. The highest BCUT2D eigenvalue weighted by molar-refractivity contribution is 5.90. The van der Waals surface area contributed by atoms with E-state index in [1.54, 1.807) is 13.8 Å². The highest BCUT2D eigenvalue weighted by atomic mass is 19.1. The monoisotopic (exact) mass is 251 g/mol. The average molecular weight is 251 g/mol. The van der Waals surface area contributed by atoms with Gasteiger partial charge in [0.25, 0.3) is 0 Å². The highest BCUT2D eigenvalue weighted by Crippen LogP contribution is 2.31. The van der Waals surface area contributed by atoms with Crippen LogP contribution < -0.4 is 4.90 Å². The SMILES string of the molecule is CC(C)OC(=O)N1c2ccccc2CCC1CF. The van der Waals surface area contributed by atoms with Gasteiger partial charge in [-0.15, -0.1) is 0 Å². The first-order valence-corrected chi connectivity index (χ1v) is 6.27. The molecule has 1 aromatic carbocycles. The number of benzene rings is 1. The van der Waals surface area contributed by atoms with Crippen molar-refractivity contribution >= 4 is 11.8 Å². The Morgan fingerprint density at radius 2 is 2.22 bits per heavy atom. The lowest BCUT2D eigenvalue weighted by atomic mass is 9.97. The maximum absolute atomic E-state index is 13.1. The number of aryl methyl sites for hydroxylation is 1. The number of para-hydroxylation sites is 1. The number of alkyl halides is 1. The largest absolute Gasteiger partial charge is 0.446 e. The van der Waals surface area contributed by atoms with Crippen LogP contribution in [0.15, 0.2) is 24.3 Å². The minimum absolute atomic E-state index is 0.202. The van der Waals surface area contributed by atoms with Crippen LogP contribution in [0, 0.1) is 0 Å². The van der Waals surface area contributed by atoms with Gasteiger partial charge in [-0.05, 0) is 38.3 Å². The molecule has 18 heavy (non-hydrogen) atoms. The second-order valence-corrected chi connectivity index (χ2v) is 4.78. The summed E-state index contributed by atoms with van der Waals surface area (Å²) in [5.74, 6) is 0. The lowest BCUT2D eigenvalue weighted by molar-refractivity contribution is 0.118. The predicted octanol–water partition coefficient (Wildman–Crippen LogP) is 3.32. The van der Waals surface area contributed by atoms with E-state index >= 15 is 0 Å². The van der Waals surface area contributed by atoms with Crippen molar-refractivity contribution in [3.8, 4) is 0 Å². The van der Waals surface area contributed by atoms with Gasteiger partial charge in [0.05, 0.1) is 17.8 Å². The molecule has 0 saturated heterocycles. The Morgan fingerprint density at radius 1 is 1.50 bits per heavy atom. The standard InChI is InChI=1S/C14H18FNO2/c1-10(2)18-14(17)16-12(9-15)8-7-11-5-3-4-6-13(11)16/h3-6,10,12H,7-9H2,1-2H3. The lowest BCUT2D eigenvalue weighted by Gasteiger charge is -2.35. The first-order valence-electron chi connectivity index (χ1n) is 6.27. The fourth-order valence-electron chi connectivity index (χ4n) is 2.26. The predicted molar refractivity (Wildman–Crippen MR) is 68.6 cm³/mol. The molecule has 0 bridgehead atoms. The molecule has 1 aromatic rings. The molecule has 1 atom stereocenters. The van der Waals surface area contributed by atoms with Gasteiger partial charge in [0.2, 0.25) is 0 Å². The topological polar surface area (TPSA) is 29.5 Å². The molecule has 0 fully saturated rings. The number of hydrogen-bond donors (Lipinski definition) is 0. The molecule has 0 spiro atoms. The lowest BCUT2D eigenvalue weighted by Crippen LogP contribution is -2.46. The number of anilines is 1. The van der Waals surface area contributed by atoms with E-state index < -0.39 is 18.8 Å². The van der Waals surface area contributed by atoms with Gasteiger partial charge < -0.3 is 4.74 Å². The fourth-order valence-corrected chi connectivity index (χ4v) is 2.26. The molecule has 1 aliphatic heterocycles. The summed E-state index contributed by atoms with van der Waals surface area (Å²) in [7, 11) is 0. The molecule has 4 heteroatoms. The third kappa shape index (κ3) is 2.47. The molecule has 1 unspecified atom stereocenters. The Kier molecular flexibility index (Phi) is 3.84. The van der Waals surface area contributed by atoms with Crippen LogP contribution in [0.1, 0.15) is 25.8 Å². The van der Waals surface area contributed by atoms with E-state index in [-0.39, 0.29) is 6.10 Å². The van der Waals surface area contributed by atoms with Crippen molar-refractivity contribution in [3.63, 3.8) is 0 Å². The number of halogens is 1. The first kappa shape index (κ1) is 12.9. The van der Waals surface area contributed by atoms with Crippen molar-refractivity contribution in [1.29, 1.82) is 0 Å². The summed E-state index contributed by atoms with van der Waals surface area (Å²) in [6, 6.07) is 7.19. The third-order valence-corrected chi connectivity index (χ3v) is 3.07. The van der Waals surface area contributed by atoms with Crippen LogP contribution in [0.25, 0.3) is 0 Å². The molecule has 98 valence electrons. The number of fused-ring (bicyclic) bond motifs is 1. The maximum atomic E-state index is 13.1. The van der Waals surface area contributed by atoms with Crippen LogP contribution in [0.2, 0.25) is 0 Å². The fraction of sp³-hybridized carbons (Fsp3) is 0.500. The molecule has 0 N–H and O–H groups in total. The van der Waals surface area contributed by atoms with Gasteiger partial charge >= 0.3 is 6.09 Å². The quantitative estimate of drug-likeness (QED) is 0.807. The number of carbonyl (C=O) groups is 1. The van der Waals surface area contributed by atoms with Gasteiger partial charge in [0, 0.05) is 0 Å². The summed E-state index contributed by atoms with van der Waals surface area (Å²) >= 11 is 0. The summed E-state index contributed by atoms with van der Waals surface area (Å²) < 4.78 is 18.3. The molecular weight excluding hydrogens is 233 g/mol. The van der Waals surface area contributed by atoms with E-state index in [1.165, 1.54) is 4.90 Å². The summed E-state index contributed by atoms with van der Waals surface area (Å²) in [4.78, 5) is 13.5. The van der Waals surface area contributed by atoms with E-state index in [1.807, 2.05) is 24.3 Å². The maximum Gasteiger partial charge on any atom is 0.414 e. The Hall–Kier alpha value is -1.58. The second kappa shape index (κ2) is 5.38. The molecule has 0 radical (unpaired) electrons. The van der Waals surface area contributed by atoms with Crippen molar-refractivity contribution in [1.82, 2.24) is 0 Å².